The largest absolute Gasteiger partial charge is 0.398 e. The number of benzene rings is 3. The summed E-state index contributed by atoms with van der Waals surface area (Å²) < 4.78 is 14.0. The SMILES string of the molecule is Cc1cc(F)cc(P(c2ccccc2)c2ccccc2)c1N. The van der Waals surface area contributed by atoms with Crippen LogP contribution >= 0.6 is 7.92 Å². The highest BCUT2D eigenvalue weighted by Crippen LogP contribution is 2.35. The van der Waals surface area contributed by atoms with Crippen LogP contribution < -0.4 is 21.6 Å². The van der Waals surface area contributed by atoms with Gasteiger partial charge in [-0.05, 0) is 43.2 Å². The maximum absolute atomic E-state index is 14.0. The van der Waals surface area contributed by atoms with Crippen LogP contribution in [0.4, 0.5) is 10.1 Å². The van der Waals surface area contributed by atoms with Crippen molar-refractivity contribution in [3.63, 3.8) is 0 Å². The molecule has 1 nitrogen and oxygen atoms in total. The molecule has 0 unspecified atom stereocenters. The molecule has 0 radical (unpaired) electrons. The van der Waals surface area contributed by atoms with Crippen LogP contribution in [0.25, 0.3) is 0 Å². The molecule has 0 fully saturated rings. The average Bonchev–Trinajstić information content (AvgIpc) is 2.54. The van der Waals surface area contributed by atoms with Gasteiger partial charge in [0.05, 0.1) is 0 Å². The highest BCUT2D eigenvalue weighted by molar-refractivity contribution is 7.80. The van der Waals surface area contributed by atoms with Gasteiger partial charge in [0.15, 0.2) is 0 Å². The van der Waals surface area contributed by atoms with Crippen molar-refractivity contribution in [3.8, 4) is 0 Å². The van der Waals surface area contributed by atoms with E-state index in [4.69, 9.17) is 5.73 Å². The summed E-state index contributed by atoms with van der Waals surface area (Å²) in [4.78, 5) is 0. The minimum Gasteiger partial charge on any atom is -0.398 e. The molecule has 0 aliphatic heterocycles. The van der Waals surface area contributed by atoms with E-state index in [1.165, 1.54) is 16.7 Å². The first-order chi connectivity index (χ1) is 10.7. The normalized spacial score (nSPS) is 10.9. The van der Waals surface area contributed by atoms with Crippen LogP contribution in [0.2, 0.25) is 0 Å². The predicted molar refractivity (Wildman–Crippen MR) is 94.3 cm³/mol. The molecule has 3 rings (SSSR count). The van der Waals surface area contributed by atoms with Crippen LogP contribution in [-0.2, 0) is 0 Å². The zero-order valence-electron chi connectivity index (χ0n) is 12.3. The van der Waals surface area contributed by atoms with Crippen molar-refractivity contribution in [2.45, 2.75) is 6.92 Å². The van der Waals surface area contributed by atoms with Gasteiger partial charge < -0.3 is 5.73 Å². The van der Waals surface area contributed by atoms with Gasteiger partial charge in [-0.3, -0.25) is 0 Å². The first-order valence-corrected chi connectivity index (χ1v) is 8.47. The smallest absolute Gasteiger partial charge is 0.124 e. The molecule has 0 atom stereocenters. The Labute approximate surface area is 131 Å². The van der Waals surface area contributed by atoms with Gasteiger partial charge in [0.2, 0.25) is 0 Å². The van der Waals surface area contributed by atoms with E-state index in [0.29, 0.717) is 5.69 Å². The highest BCUT2D eigenvalue weighted by atomic mass is 31.1. The molecular formula is C19H17FNP. The Morgan fingerprint density at radius 2 is 1.32 bits per heavy atom. The van der Waals surface area contributed by atoms with E-state index in [0.717, 1.165) is 10.9 Å². The zero-order chi connectivity index (χ0) is 15.5. The van der Waals surface area contributed by atoms with Gasteiger partial charge in [0.25, 0.3) is 0 Å². The van der Waals surface area contributed by atoms with E-state index in [2.05, 4.69) is 24.3 Å². The van der Waals surface area contributed by atoms with Crippen molar-refractivity contribution in [2.24, 2.45) is 0 Å². The second-order valence-corrected chi connectivity index (χ2v) is 7.35. The Hall–Kier alpha value is -2.18. The fourth-order valence-corrected chi connectivity index (χ4v) is 4.97. The highest BCUT2D eigenvalue weighted by Gasteiger charge is 2.20. The van der Waals surface area contributed by atoms with E-state index < -0.39 is 7.92 Å². The third kappa shape index (κ3) is 2.88. The molecule has 0 aliphatic carbocycles. The van der Waals surface area contributed by atoms with E-state index in [1.54, 1.807) is 6.07 Å². The molecule has 22 heavy (non-hydrogen) atoms. The number of hydrogen-bond acceptors (Lipinski definition) is 1. The van der Waals surface area contributed by atoms with E-state index in [1.807, 2.05) is 43.3 Å². The van der Waals surface area contributed by atoms with Gasteiger partial charge in [-0.15, -0.1) is 0 Å². The number of nitrogens with two attached hydrogens (primary N) is 1. The summed E-state index contributed by atoms with van der Waals surface area (Å²) in [5.74, 6) is -0.235. The molecule has 0 aromatic heterocycles. The van der Waals surface area contributed by atoms with Gasteiger partial charge in [-0.25, -0.2) is 4.39 Å². The number of halogens is 1. The molecule has 0 amide bonds. The maximum Gasteiger partial charge on any atom is 0.124 e. The van der Waals surface area contributed by atoms with Crippen molar-refractivity contribution in [1.29, 1.82) is 0 Å². The lowest BCUT2D eigenvalue weighted by atomic mass is 10.2. The first-order valence-electron chi connectivity index (χ1n) is 7.12. The second-order valence-electron chi connectivity index (χ2n) is 5.16. The van der Waals surface area contributed by atoms with Crippen LogP contribution in [-0.4, -0.2) is 0 Å². The number of nitrogen functional groups attached to an aromatic ring is 1. The van der Waals surface area contributed by atoms with Crippen LogP contribution in [0.3, 0.4) is 0 Å². The molecule has 0 spiro atoms. The maximum atomic E-state index is 14.0. The minimum atomic E-state index is -0.864. The monoisotopic (exact) mass is 309 g/mol. The molecule has 3 aromatic rings. The average molecular weight is 309 g/mol. The van der Waals surface area contributed by atoms with Crippen LogP contribution in [0.15, 0.2) is 72.8 Å². The lowest BCUT2D eigenvalue weighted by molar-refractivity contribution is 0.628. The van der Waals surface area contributed by atoms with E-state index in [-0.39, 0.29) is 5.82 Å². The van der Waals surface area contributed by atoms with Gasteiger partial charge in [-0.1, -0.05) is 60.7 Å². The molecule has 3 aromatic carbocycles. The molecule has 0 aliphatic rings. The van der Waals surface area contributed by atoms with Gasteiger partial charge in [0, 0.05) is 11.0 Å². The summed E-state index contributed by atoms with van der Waals surface area (Å²) in [5.41, 5.74) is 7.74. The standard InChI is InChI=1S/C19H17FNP/c1-14-12-15(20)13-18(19(14)21)22(16-8-4-2-5-9-16)17-10-6-3-7-11-17/h2-13H,21H2,1H3. The molecule has 0 saturated carbocycles. The first kappa shape index (κ1) is 14.7. The molecule has 2 N–H and O–H groups in total. The van der Waals surface area contributed by atoms with E-state index in [9.17, 15) is 4.39 Å². The van der Waals surface area contributed by atoms with Gasteiger partial charge >= 0.3 is 0 Å². The Balaban J connectivity index is 2.23. The number of hydrogen-bond donors (Lipinski definition) is 1. The quantitative estimate of drug-likeness (QED) is 0.582. The minimum absolute atomic E-state index is 0.235. The van der Waals surface area contributed by atoms with Crippen LogP contribution in [0.1, 0.15) is 5.56 Å². The molecule has 0 bridgehead atoms. The van der Waals surface area contributed by atoms with Crippen LogP contribution in [0, 0.1) is 12.7 Å². The van der Waals surface area contributed by atoms with Crippen LogP contribution in [0.5, 0.6) is 0 Å². The second kappa shape index (κ2) is 6.29. The topological polar surface area (TPSA) is 26.0 Å². The fourth-order valence-electron chi connectivity index (χ4n) is 2.50. The molecule has 0 heterocycles. The van der Waals surface area contributed by atoms with Gasteiger partial charge in [-0.2, -0.15) is 0 Å². The Kier molecular flexibility index (Phi) is 4.22. The third-order valence-electron chi connectivity index (χ3n) is 3.60. The number of anilines is 1. The van der Waals surface area contributed by atoms with Gasteiger partial charge in [0.1, 0.15) is 5.82 Å². The molecule has 3 heteroatoms. The number of aryl methyl sites for hydroxylation is 1. The molecule has 0 saturated heterocycles. The summed E-state index contributed by atoms with van der Waals surface area (Å²) in [5, 5.41) is 3.21. The summed E-state index contributed by atoms with van der Waals surface area (Å²) in [7, 11) is -0.864. The lowest BCUT2D eigenvalue weighted by Crippen LogP contribution is -2.23. The molecular weight excluding hydrogens is 292 g/mol. The predicted octanol–water partition coefficient (Wildman–Crippen LogP) is 3.47. The van der Waals surface area contributed by atoms with Crippen molar-refractivity contribution in [3.05, 3.63) is 84.2 Å². The molecule has 110 valence electrons. The van der Waals surface area contributed by atoms with Crippen molar-refractivity contribution < 1.29 is 4.39 Å². The van der Waals surface area contributed by atoms with E-state index >= 15 is 0 Å². The summed E-state index contributed by atoms with van der Waals surface area (Å²) in [6, 6.07) is 23.4. The summed E-state index contributed by atoms with van der Waals surface area (Å²) >= 11 is 0. The zero-order valence-corrected chi connectivity index (χ0v) is 13.2. The van der Waals surface area contributed by atoms with Crippen molar-refractivity contribution in [2.75, 3.05) is 5.73 Å². The summed E-state index contributed by atoms with van der Waals surface area (Å²) in [6.07, 6.45) is 0. The summed E-state index contributed by atoms with van der Waals surface area (Å²) in [6.45, 7) is 1.85. The lowest BCUT2D eigenvalue weighted by Gasteiger charge is -2.22. The number of rotatable bonds is 3. The Morgan fingerprint density at radius 3 is 1.82 bits per heavy atom. The van der Waals surface area contributed by atoms with Crippen molar-refractivity contribution >= 4 is 29.5 Å². The Morgan fingerprint density at radius 1 is 0.818 bits per heavy atom. The Bertz CT molecular complexity index is 733. The fraction of sp³-hybridized carbons (Fsp3) is 0.0526. The van der Waals surface area contributed by atoms with Crippen molar-refractivity contribution in [1.82, 2.24) is 0 Å². The third-order valence-corrected chi connectivity index (χ3v) is 6.08.